The van der Waals surface area contributed by atoms with Gasteiger partial charge < -0.3 is 4.74 Å². The molecule has 0 saturated heterocycles. The van der Waals surface area contributed by atoms with Crippen LogP contribution in [0.1, 0.15) is 90.4 Å². The molecule has 0 aliphatic heterocycles. The number of hydrogen-bond donors (Lipinski definition) is 0. The number of rotatable bonds is 14. The summed E-state index contributed by atoms with van der Waals surface area (Å²) in [7, 11) is 1.14. The number of carbonyl (C=O) groups is 1. The number of unbranched alkanes of at least 4 members (excludes halogenated alkanes) is 10. The van der Waals surface area contributed by atoms with Gasteiger partial charge in [-0.25, -0.2) is 8.78 Å². The van der Waals surface area contributed by atoms with Crippen LogP contribution < -0.4 is 0 Å². The molecule has 0 atom stereocenters. The van der Waals surface area contributed by atoms with Crippen LogP contribution >= 0.6 is 0 Å². The van der Waals surface area contributed by atoms with Crippen molar-refractivity contribution in [1.82, 2.24) is 0 Å². The van der Waals surface area contributed by atoms with Crippen molar-refractivity contribution in [3.8, 4) is 0 Å². The third-order valence-corrected chi connectivity index (χ3v) is 3.78. The number of halogens is 2. The van der Waals surface area contributed by atoms with E-state index in [1.54, 1.807) is 0 Å². The molecule has 0 unspecified atom stereocenters. The van der Waals surface area contributed by atoms with Crippen molar-refractivity contribution >= 4 is 5.97 Å². The second-order valence-electron chi connectivity index (χ2n) is 5.89. The van der Waals surface area contributed by atoms with E-state index >= 15 is 0 Å². The molecule has 0 saturated carbocycles. The van der Waals surface area contributed by atoms with Crippen LogP contribution in [0.25, 0.3) is 0 Å². The third-order valence-electron chi connectivity index (χ3n) is 3.78. The highest BCUT2D eigenvalue weighted by Gasteiger charge is 2.31. The normalized spacial score (nSPS) is 11.6. The lowest BCUT2D eigenvalue weighted by Crippen LogP contribution is -2.21. The van der Waals surface area contributed by atoms with Gasteiger partial charge in [0.15, 0.2) is 0 Å². The molecular formula is C17H32F2O2. The molecule has 0 fully saturated rings. The molecule has 0 aromatic carbocycles. The Labute approximate surface area is 128 Å². The summed E-state index contributed by atoms with van der Waals surface area (Å²) >= 11 is 0. The summed E-state index contributed by atoms with van der Waals surface area (Å²) in [4.78, 5) is 10.8. The Morgan fingerprint density at radius 1 is 0.857 bits per heavy atom. The summed E-state index contributed by atoms with van der Waals surface area (Å²) in [6, 6.07) is 0. The SMILES string of the molecule is CCCCCCCCCCCCCC(F)(F)CC(=O)OC. The standard InChI is InChI=1S/C17H32F2O2/c1-3-4-5-6-7-8-9-10-11-12-13-14-17(18,19)15-16(20)21-2/h3-15H2,1-2H3. The fourth-order valence-corrected chi connectivity index (χ4v) is 2.42. The van der Waals surface area contributed by atoms with Crippen molar-refractivity contribution in [1.29, 1.82) is 0 Å². The number of ether oxygens (including phenoxy) is 1. The highest BCUT2D eigenvalue weighted by molar-refractivity contribution is 5.70. The topological polar surface area (TPSA) is 26.3 Å². The largest absolute Gasteiger partial charge is 0.469 e. The zero-order valence-corrected chi connectivity index (χ0v) is 13.8. The summed E-state index contributed by atoms with van der Waals surface area (Å²) in [6.45, 7) is 2.22. The van der Waals surface area contributed by atoms with Crippen LogP contribution in [-0.4, -0.2) is 19.0 Å². The van der Waals surface area contributed by atoms with Gasteiger partial charge in [-0.3, -0.25) is 4.79 Å². The van der Waals surface area contributed by atoms with Gasteiger partial charge in [-0.2, -0.15) is 0 Å². The van der Waals surface area contributed by atoms with Gasteiger partial charge >= 0.3 is 5.97 Å². The number of methoxy groups -OCH3 is 1. The molecule has 0 aliphatic carbocycles. The van der Waals surface area contributed by atoms with Crippen LogP contribution in [0.4, 0.5) is 8.78 Å². The van der Waals surface area contributed by atoms with E-state index in [0.717, 1.165) is 26.4 Å². The van der Waals surface area contributed by atoms with Gasteiger partial charge in [0.2, 0.25) is 0 Å². The van der Waals surface area contributed by atoms with Gasteiger partial charge in [-0.05, 0) is 6.42 Å². The molecule has 0 aromatic rings. The monoisotopic (exact) mass is 306 g/mol. The van der Waals surface area contributed by atoms with E-state index in [1.807, 2.05) is 0 Å². The third kappa shape index (κ3) is 14.0. The van der Waals surface area contributed by atoms with Crippen molar-refractivity contribution in [3.05, 3.63) is 0 Å². The van der Waals surface area contributed by atoms with Crippen LogP contribution in [-0.2, 0) is 9.53 Å². The first kappa shape index (κ1) is 20.3. The molecule has 4 heteroatoms. The summed E-state index contributed by atoms with van der Waals surface area (Å²) in [5.41, 5.74) is 0. The minimum absolute atomic E-state index is 0.209. The van der Waals surface area contributed by atoms with Crippen molar-refractivity contribution in [3.63, 3.8) is 0 Å². The molecule has 21 heavy (non-hydrogen) atoms. The maximum absolute atomic E-state index is 13.3. The van der Waals surface area contributed by atoms with E-state index in [9.17, 15) is 13.6 Å². The lowest BCUT2D eigenvalue weighted by Gasteiger charge is -2.14. The van der Waals surface area contributed by atoms with Gasteiger partial charge in [0.05, 0.1) is 7.11 Å². The maximum Gasteiger partial charge on any atom is 0.311 e. The Morgan fingerprint density at radius 2 is 1.29 bits per heavy atom. The average Bonchev–Trinajstić information content (AvgIpc) is 2.44. The zero-order chi connectivity index (χ0) is 16.0. The Kier molecular flexibility index (Phi) is 12.6. The first-order valence-electron chi connectivity index (χ1n) is 8.46. The van der Waals surface area contributed by atoms with Crippen molar-refractivity contribution in [2.45, 2.75) is 96.3 Å². The predicted molar refractivity (Wildman–Crippen MR) is 82.7 cm³/mol. The van der Waals surface area contributed by atoms with E-state index in [4.69, 9.17) is 0 Å². The summed E-state index contributed by atoms with van der Waals surface area (Å²) in [5.74, 6) is -3.74. The summed E-state index contributed by atoms with van der Waals surface area (Å²) in [6.07, 6.45) is 11.5. The lowest BCUT2D eigenvalue weighted by atomic mass is 10.0. The first-order chi connectivity index (χ1) is 10.0. The smallest absolute Gasteiger partial charge is 0.311 e. The quantitative estimate of drug-likeness (QED) is 0.295. The van der Waals surface area contributed by atoms with E-state index in [0.29, 0.717) is 6.42 Å². The van der Waals surface area contributed by atoms with Crippen LogP contribution in [0.15, 0.2) is 0 Å². The predicted octanol–water partition coefficient (Wildman–Crippen LogP) is 5.89. The van der Waals surface area contributed by atoms with E-state index < -0.39 is 18.3 Å². The molecule has 2 nitrogen and oxygen atoms in total. The Bertz CT molecular complexity index is 255. The van der Waals surface area contributed by atoms with Gasteiger partial charge in [0.25, 0.3) is 5.92 Å². The van der Waals surface area contributed by atoms with E-state index in [1.165, 1.54) is 44.9 Å². The lowest BCUT2D eigenvalue weighted by molar-refractivity contribution is -0.149. The number of hydrogen-bond acceptors (Lipinski definition) is 2. The molecule has 0 amide bonds. The summed E-state index contributed by atoms with van der Waals surface area (Å²) in [5, 5.41) is 0. The van der Waals surface area contributed by atoms with Crippen LogP contribution in [0, 0.1) is 0 Å². The Balaban J connectivity index is 3.33. The molecule has 0 radical (unpaired) electrons. The Hall–Kier alpha value is -0.670. The molecule has 0 aliphatic rings. The maximum atomic E-state index is 13.3. The van der Waals surface area contributed by atoms with Crippen molar-refractivity contribution in [2.75, 3.05) is 7.11 Å². The molecule has 0 bridgehead atoms. The van der Waals surface area contributed by atoms with Gasteiger partial charge in [-0.1, -0.05) is 71.1 Å². The van der Waals surface area contributed by atoms with Gasteiger partial charge in [0, 0.05) is 6.42 Å². The molecule has 0 N–H and O–H groups in total. The molecule has 126 valence electrons. The van der Waals surface area contributed by atoms with Crippen LogP contribution in [0.2, 0.25) is 0 Å². The van der Waals surface area contributed by atoms with Crippen molar-refractivity contribution in [2.24, 2.45) is 0 Å². The molecule has 0 heterocycles. The molecule has 0 aromatic heterocycles. The highest BCUT2D eigenvalue weighted by Crippen LogP contribution is 2.26. The molecule has 0 spiro atoms. The number of carbonyl (C=O) groups excluding carboxylic acids is 1. The minimum atomic E-state index is -2.91. The zero-order valence-electron chi connectivity index (χ0n) is 13.8. The van der Waals surface area contributed by atoms with Crippen LogP contribution in [0.3, 0.4) is 0 Å². The molecule has 0 rings (SSSR count). The fraction of sp³-hybridized carbons (Fsp3) is 0.941. The second-order valence-corrected chi connectivity index (χ2v) is 5.89. The van der Waals surface area contributed by atoms with Crippen LogP contribution in [0.5, 0.6) is 0 Å². The summed E-state index contributed by atoms with van der Waals surface area (Å²) < 4.78 is 30.9. The Morgan fingerprint density at radius 3 is 1.71 bits per heavy atom. The van der Waals surface area contributed by atoms with Gasteiger partial charge in [-0.15, -0.1) is 0 Å². The number of alkyl halides is 2. The fourth-order valence-electron chi connectivity index (χ4n) is 2.42. The first-order valence-corrected chi connectivity index (χ1v) is 8.46. The van der Waals surface area contributed by atoms with Gasteiger partial charge in [0.1, 0.15) is 6.42 Å². The average molecular weight is 306 g/mol. The van der Waals surface area contributed by atoms with Crippen molar-refractivity contribution < 1.29 is 18.3 Å². The highest BCUT2D eigenvalue weighted by atomic mass is 19.3. The van der Waals surface area contributed by atoms with E-state index in [-0.39, 0.29) is 6.42 Å². The minimum Gasteiger partial charge on any atom is -0.469 e. The van der Waals surface area contributed by atoms with E-state index in [2.05, 4.69) is 11.7 Å². The molecular weight excluding hydrogens is 274 g/mol. The number of esters is 1. The second kappa shape index (κ2) is 13.0.